The molecule has 2 aromatic rings. The molecule has 100 valence electrons. The van der Waals surface area contributed by atoms with E-state index in [0.29, 0.717) is 16.7 Å². The fraction of sp³-hybridized carbons (Fsp3) is 0.154. The molecule has 3 N–H and O–H groups in total. The van der Waals surface area contributed by atoms with E-state index in [1.807, 2.05) is 0 Å². The molecule has 0 atom stereocenters. The van der Waals surface area contributed by atoms with Crippen LogP contribution < -0.4 is 5.73 Å². The van der Waals surface area contributed by atoms with Gasteiger partial charge in [-0.1, -0.05) is 12.1 Å². The van der Waals surface area contributed by atoms with Crippen LogP contribution in [0.5, 0.6) is 0 Å². The maximum atomic E-state index is 12.5. The molecule has 0 radical (unpaired) electrons. The highest BCUT2D eigenvalue weighted by Gasteiger charge is 2.30. The molecule has 1 aromatic carbocycles. The van der Waals surface area contributed by atoms with Crippen LogP contribution in [0.15, 0.2) is 36.5 Å². The molecule has 0 amide bonds. The van der Waals surface area contributed by atoms with Gasteiger partial charge in [0.05, 0.1) is 12.2 Å². The number of aliphatic hydroxyl groups excluding tert-OH is 1. The van der Waals surface area contributed by atoms with Crippen molar-refractivity contribution < 1.29 is 18.3 Å². The van der Waals surface area contributed by atoms with Crippen LogP contribution >= 0.6 is 0 Å². The molecule has 19 heavy (non-hydrogen) atoms. The maximum Gasteiger partial charge on any atom is 0.416 e. The van der Waals surface area contributed by atoms with Crippen molar-refractivity contribution in [1.82, 2.24) is 4.98 Å². The SMILES string of the molecule is Nc1nccc(CO)c1-c1ccc(C(F)(F)F)cc1. The number of nitrogens with two attached hydrogens (primary N) is 1. The van der Waals surface area contributed by atoms with E-state index in [0.717, 1.165) is 12.1 Å². The third kappa shape index (κ3) is 2.68. The lowest BCUT2D eigenvalue weighted by molar-refractivity contribution is -0.137. The zero-order valence-corrected chi connectivity index (χ0v) is 9.78. The summed E-state index contributed by atoms with van der Waals surface area (Å²) in [5, 5.41) is 9.22. The van der Waals surface area contributed by atoms with Crippen molar-refractivity contribution >= 4 is 5.82 Å². The van der Waals surface area contributed by atoms with Crippen molar-refractivity contribution in [3.05, 3.63) is 47.7 Å². The molecule has 0 saturated heterocycles. The van der Waals surface area contributed by atoms with Gasteiger partial charge in [-0.05, 0) is 29.3 Å². The van der Waals surface area contributed by atoms with Crippen LogP contribution in [0.2, 0.25) is 0 Å². The first kappa shape index (κ1) is 13.4. The number of benzene rings is 1. The van der Waals surface area contributed by atoms with Gasteiger partial charge in [-0.15, -0.1) is 0 Å². The van der Waals surface area contributed by atoms with E-state index in [1.54, 1.807) is 6.07 Å². The minimum atomic E-state index is -4.38. The Hall–Kier alpha value is -2.08. The second kappa shape index (κ2) is 4.89. The highest BCUT2D eigenvalue weighted by atomic mass is 19.4. The van der Waals surface area contributed by atoms with Crippen molar-refractivity contribution in [2.45, 2.75) is 12.8 Å². The van der Waals surface area contributed by atoms with Gasteiger partial charge >= 0.3 is 6.18 Å². The van der Waals surface area contributed by atoms with Crippen LogP contribution in [0, 0.1) is 0 Å². The molecule has 0 fully saturated rings. The zero-order valence-electron chi connectivity index (χ0n) is 9.78. The molecule has 6 heteroatoms. The van der Waals surface area contributed by atoms with Crippen LogP contribution in [0.25, 0.3) is 11.1 Å². The Bertz CT molecular complexity index is 579. The average molecular weight is 268 g/mol. The van der Waals surface area contributed by atoms with Gasteiger partial charge in [0.2, 0.25) is 0 Å². The van der Waals surface area contributed by atoms with Crippen LogP contribution in [0.3, 0.4) is 0 Å². The van der Waals surface area contributed by atoms with Gasteiger partial charge in [-0.25, -0.2) is 4.98 Å². The van der Waals surface area contributed by atoms with Gasteiger partial charge in [-0.2, -0.15) is 13.2 Å². The normalized spacial score (nSPS) is 11.6. The molecule has 0 saturated carbocycles. The molecule has 0 spiro atoms. The van der Waals surface area contributed by atoms with Crippen molar-refractivity contribution in [1.29, 1.82) is 0 Å². The number of hydrogen-bond acceptors (Lipinski definition) is 3. The van der Waals surface area contributed by atoms with Gasteiger partial charge in [0.25, 0.3) is 0 Å². The molecule has 0 aliphatic heterocycles. The Morgan fingerprint density at radius 1 is 1.11 bits per heavy atom. The lowest BCUT2D eigenvalue weighted by Crippen LogP contribution is -2.04. The Balaban J connectivity index is 2.49. The molecular formula is C13H11F3N2O. The van der Waals surface area contributed by atoms with Gasteiger partial charge in [0, 0.05) is 11.8 Å². The highest BCUT2D eigenvalue weighted by Crippen LogP contribution is 2.33. The predicted molar refractivity (Wildman–Crippen MR) is 65.0 cm³/mol. The number of anilines is 1. The van der Waals surface area contributed by atoms with Crippen molar-refractivity contribution in [2.24, 2.45) is 0 Å². The first-order chi connectivity index (χ1) is 8.93. The number of aliphatic hydroxyl groups is 1. The molecule has 0 bridgehead atoms. The van der Waals surface area contributed by atoms with Crippen LogP contribution in [0.1, 0.15) is 11.1 Å². The molecule has 1 aromatic heterocycles. The molecule has 0 aliphatic carbocycles. The first-order valence-corrected chi connectivity index (χ1v) is 5.45. The Morgan fingerprint density at radius 2 is 1.74 bits per heavy atom. The number of halogens is 3. The van der Waals surface area contributed by atoms with E-state index >= 15 is 0 Å². The summed E-state index contributed by atoms with van der Waals surface area (Å²) < 4.78 is 37.4. The van der Waals surface area contributed by atoms with Crippen LogP contribution in [0.4, 0.5) is 19.0 Å². The summed E-state index contributed by atoms with van der Waals surface area (Å²) in [6, 6.07) is 6.15. The quantitative estimate of drug-likeness (QED) is 0.880. The smallest absolute Gasteiger partial charge is 0.392 e. The minimum Gasteiger partial charge on any atom is -0.392 e. The Kier molecular flexibility index (Phi) is 3.44. The highest BCUT2D eigenvalue weighted by molar-refractivity contribution is 5.77. The van der Waals surface area contributed by atoms with Crippen molar-refractivity contribution in [3.8, 4) is 11.1 Å². The number of nitrogen functional groups attached to an aromatic ring is 1. The topological polar surface area (TPSA) is 59.1 Å². The number of hydrogen-bond donors (Lipinski definition) is 2. The number of rotatable bonds is 2. The number of pyridine rings is 1. The van der Waals surface area contributed by atoms with Gasteiger partial charge < -0.3 is 10.8 Å². The summed E-state index contributed by atoms with van der Waals surface area (Å²) in [5.41, 5.74) is 6.44. The van der Waals surface area contributed by atoms with E-state index in [2.05, 4.69) is 4.98 Å². The molecule has 2 rings (SSSR count). The summed E-state index contributed by atoms with van der Waals surface area (Å²) in [4.78, 5) is 3.88. The standard InChI is InChI=1S/C13H11F3N2O/c14-13(15,16)10-3-1-8(2-4-10)11-9(7-19)5-6-18-12(11)17/h1-6,19H,7H2,(H2,17,18). The van der Waals surface area contributed by atoms with Gasteiger partial charge in [0.1, 0.15) is 5.82 Å². The van der Waals surface area contributed by atoms with E-state index in [4.69, 9.17) is 5.73 Å². The van der Waals surface area contributed by atoms with E-state index in [9.17, 15) is 18.3 Å². The van der Waals surface area contributed by atoms with Crippen molar-refractivity contribution in [2.75, 3.05) is 5.73 Å². The third-order valence-corrected chi connectivity index (χ3v) is 2.74. The van der Waals surface area contributed by atoms with Crippen molar-refractivity contribution in [3.63, 3.8) is 0 Å². The summed E-state index contributed by atoms with van der Waals surface area (Å²) in [5.74, 6) is 0.173. The second-order valence-electron chi connectivity index (χ2n) is 3.96. The van der Waals surface area contributed by atoms with Gasteiger partial charge in [-0.3, -0.25) is 0 Å². The molecule has 3 nitrogen and oxygen atoms in total. The fourth-order valence-electron chi connectivity index (χ4n) is 1.81. The summed E-state index contributed by atoms with van der Waals surface area (Å²) in [7, 11) is 0. The lowest BCUT2D eigenvalue weighted by atomic mass is 10.00. The summed E-state index contributed by atoms with van der Waals surface area (Å²) in [6.45, 7) is -0.261. The van der Waals surface area contributed by atoms with E-state index in [-0.39, 0.29) is 12.4 Å². The predicted octanol–water partition coefficient (Wildman–Crippen LogP) is 2.84. The number of nitrogens with zero attached hydrogens (tertiary/aromatic N) is 1. The monoisotopic (exact) mass is 268 g/mol. The Labute approximate surface area is 107 Å². The van der Waals surface area contributed by atoms with Crippen LogP contribution in [-0.4, -0.2) is 10.1 Å². The zero-order chi connectivity index (χ0) is 14.0. The minimum absolute atomic E-state index is 0.173. The van der Waals surface area contributed by atoms with E-state index in [1.165, 1.54) is 18.3 Å². The second-order valence-corrected chi connectivity index (χ2v) is 3.96. The maximum absolute atomic E-state index is 12.5. The first-order valence-electron chi connectivity index (χ1n) is 5.45. The third-order valence-electron chi connectivity index (χ3n) is 2.74. The molecule has 0 unspecified atom stereocenters. The Morgan fingerprint density at radius 3 is 2.26 bits per heavy atom. The summed E-state index contributed by atoms with van der Waals surface area (Å²) >= 11 is 0. The largest absolute Gasteiger partial charge is 0.416 e. The molecular weight excluding hydrogens is 257 g/mol. The van der Waals surface area contributed by atoms with Gasteiger partial charge in [0.15, 0.2) is 0 Å². The van der Waals surface area contributed by atoms with E-state index < -0.39 is 11.7 Å². The average Bonchev–Trinajstić information content (AvgIpc) is 2.37. The molecule has 1 heterocycles. The molecule has 0 aliphatic rings. The number of aromatic nitrogens is 1. The van der Waals surface area contributed by atoms with Crippen LogP contribution in [-0.2, 0) is 12.8 Å². The summed E-state index contributed by atoms with van der Waals surface area (Å²) in [6.07, 6.45) is -2.94. The fourth-order valence-corrected chi connectivity index (χ4v) is 1.81. The number of alkyl halides is 3. The lowest BCUT2D eigenvalue weighted by Gasteiger charge is -2.11.